The Balaban J connectivity index is 2.55. The van der Waals surface area contributed by atoms with Crippen LogP contribution in [0.4, 0.5) is 8.78 Å². The summed E-state index contributed by atoms with van der Waals surface area (Å²) >= 11 is 0. The molecule has 4 heteroatoms. The van der Waals surface area contributed by atoms with Crippen LogP contribution in [0.1, 0.15) is 29.7 Å². The van der Waals surface area contributed by atoms with Crippen LogP contribution in [0.3, 0.4) is 0 Å². The molecule has 1 heterocycles. The Morgan fingerprint density at radius 3 is 2.47 bits per heavy atom. The average molecular weight is 262 g/mol. The summed E-state index contributed by atoms with van der Waals surface area (Å²) in [6.07, 6.45) is 3.31. The van der Waals surface area contributed by atoms with Crippen LogP contribution in [-0.4, -0.2) is 11.5 Å². The van der Waals surface area contributed by atoms with Crippen molar-refractivity contribution in [1.82, 2.24) is 10.3 Å². The molecule has 2 rings (SSSR count). The first kappa shape index (κ1) is 13.6. The highest BCUT2D eigenvalue weighted by molar-refractivity contribution is 5.36. The molecule has 1 aromatic heterocycles. The van der Waals surface area contributed by atoms with Gasteiger partial charge >= 0.3 is 0 Å². The van der Waals surface area contributed by atoms with E-state index in [1.807, 2.05) is 19.9 Å². The van der Waals surface area contributed by atoms with Crippen molar-refractivity contribution in [2.45, 2.75) is 19.9 Å². The summed E-state index contributed by atoms with van der Waals surface area (Å²) in [6.45, 7) is 4.41. The summed E-state index contributed by atoms with van der Waals surface area (Å²) in [5, 5.41) is 3.12. The Morgan fingerprint density at radius 2 is 1.89 bits per heavy atom. The number of halogens is 2. The fraction of sp³-hybridized carbons (Fsp3) is 0.267. The molecule has 0 aliphatic carbocycles. The van der Waals surface area contributed by atoms with Crippen LogP contribution in [0.25, 0.3) is 0 Å². The van der Waals surface area contributed by atoms with Crippen LogP contribution >= 0.6 is 0 Å². The second-order valence-corrected chi connectivity index (χ2v) is 4.36. The Morgan fingerprint density at radius 1 is 1.21 bits per heavy atom. The normalized spacial score (nSPS) is 12.4. The first-order chi connectivity index (χ1) is 9.15. The molecule has 0 spiro atoms. The van der Waals surface area contributed by atoms with Gasteiger partial charge in [-0.25, -0.2) is 8.78 Å². The van der Waals surface area contributed by atoms with Crippen molar-refractivity contribution in [2.75, 3.05) is 6.54 Å². The highest BCUT2D eigenvalue weighted by Crippen LogP contribution is 2.28. The van der Waals surface area contributed by atoms with Crippen LogP contribution in [0.2, 0.25) is 0 Å². The first-order valence-electron chi connectivity index (χ1n) is 6.23. The fourth-order valence-electron chi connectivity index (χ4n) is 2.14. The Bertz CT molecular complexity index is 550. The lowest BCUT2D eigenvalue weighted by Gasteiger charge is -2.21. The van der Waals surface area contributed by atoms with E-state index in [9.17, 15) is 8.78 Å². The second kappa shape index (κ2) is 5.89. The van der Waals surface area contributed by atoms with Gasteiger partial charge in [-0.2, -0.15) is 0 Å². The summed E-state index contributed by atoms with van der Waals surface area (Å²) in [7, 11) is 0. The van der Waals surface area contributed by atoms with E-state index >= 15 is 0 Å². The molecule has 2 nitrogen and oxygen atoms in total. The van der Waals surface area contributed by atoms with Gasteiger partial charge in [0.05, 0.1) is 6.04 Å². The van der Waals surface area contributed by atoms with E-state index in [2.05, 4.69) is 10.3 Å². The first-order valence-corrected chi connectivity index (χ1v) is 6.23. The molecule has 2 aromatic rings. The number of aromatic nitrogens is 1. The molecular weight excluding hydrogens is 246 g/mol. The van der Waals surface area contributed by atoms with Crippen molar-refractivity contribution >= 4 is 0 Å². The summed E-state index contributed by atoms with van der Waals surface area (Å²) < 4.78 is 27.9. The zero-order chi connectivity index (χ0) is 13.8. The van der Waals surface area contributed by atoms with Gasteiger partial charge in [0.15, 0.2) is 0 Å². The zero-order valence-electron chi connectivity index (χ0n) is 11.0. The highest BCUT2D eigenvalue weighted by atomic mass is 19.1. The molecule has 0 bridgehead atoms. The minimum Gasteiger partial charge on any atom is -0.306 e. The van der Waals surface area contributed by atoms with Gasteiger partial charge in [-0.05, 0) is 42.8 Å². The number of hydrogen-bond acceptors (Lipinski definition) is 2. The van der Waals surface area contributed by atoms with Gasteiger partial charge in [0.2, 0.25) is 0 Å². The largest absolute Gasteiger partial charge is 0.306 e. The van der Waals surface area contributed by atoms with Crippen LogP contribution < -0.4 is 5.32 Å². The number of nitrogens with zero attached hydrogens (tertiary/aromatic N) is 1. The third-order valence-electron chi connectivity index (χ3n) is 3.09. The molecular formula is C15H16F2N2. The van der Waals surface area contributed by atoms with Crippen molar-refractivity contribution in [3.8, 4) is 0 Å². The predicted octanol–water partition coefficient (Wildman–Crippen LogP) is 3.37. The van der Waals surface area contributed by atoms with E-state index in [1.54, 1.807) is 12.4 Å². The van der Waals surface area contributed by atoms with Crippen molar-refractivity contribution in [3.05, 3.63) is 65.0 Å². The maximum atomic E-state index is 13.9. The summed E-state index contributed by atoms with van der Waals surface area (Å²) in [6, 6.07) is 5.22. The number of hydrogen-bond donors (Lipinski definition) is 1. The lowest BCUT2D eigenvalue weighted by molar-refractivity contribution is 0.509. The van der Waals surface area contributed by atoms with Crippen LogP contribution in [0.5, 0.6) is 0 Å². The number of pyridine rings is 1. The highest BCUT2D eigenvalue weighted by Gasteiger charge is 2.22. The zero-order valence-corrected chi connectivity index (χ0v) is 11.0. The molecule has 0 radical (unpaired) electrons. The molecule has 0 aliphatic heterocycles. The van der Waals surface area contributed by atoms with Gasteiger partial charge in [0.25, 0.3) is 0 Å². The maximum Gasteiger partial charge on any atom is 0.131 e. The monoisotopic (exact) mass is 262 g/mol. The summed E-state index contributed by atoms with van der Waals surface area (Å²) in [5.41, 5.74) is 1.78. The van der Waals surface area contributed by atoms with Gasteiger partial charge in [0, 0.05) is 18.0 Å². The van der Waals surface area contributed by atoms with E-state index in [0.717, 1.165) is 11.1 Å². The molecule has 1 N–H and O–H groups in total. The van der Waals surface area contributed by atoms with E-state index < -0.39 is 17.7 Å². The minimum absolute atomic E-state index is 0.0421. The van der Waals surface area contributed by atoms with Crippen molar-refractivity contribution in [1.29, 1.82) is 0 Å². The predicted molar refractivity (Wildman–Crippen MR) is 70.9 cm³/mol. The van der Waals surface area contributed by atoms with Gasteiger partial charge in [-0.3, -0.25) is 4.98 Å². The number of nitrogens with one attached hydrogen (secondary N) is 1. The molecule has 0 aliphatic rings. The van der Waals surface area contributed by atoms with Gasteiger partial charge in [0.1, 0.15) is 11.6 Å². The molecule has 19 heavy (non-hydrogen) atoms. The van der Waals surface area contributed by atoms with Crippen LogP contribution in [0.15, 0.2) is 36.7 Å². The Hall–Kier alpha value is -1.81. The maximum absolute atomic E-state index is 13.9. The molecule has 1 atom stereocenters. The van der Waals surface area contributed by atoms with Crippen molar-refractivity contribution < 1.29 is 8.78 Å². The fourth-order valence-corrected chi connectivity index (χ4v) is 2.14. The van der Waals surface area contributed by atoms with Gasteiger partial charge in [-0.1, -0.05) is 13.0 Å². The topological polar surface area (TPSA) is 24.9 Å². The lowest BCUT2D eigenvalue weighted by Crippen LogP contribution is -2.25. The van der Waals surface area contributed by atoms with E-state index in [1.165, 1.54) is 18.2 Å². The standard InChI is InChI=1S/C15H16F2N2/c1-3-19-15(11-9-18-8-7-10(11)2)14-12(16)5-4-6-13(14)17/h4-9,15,19H,3H2,1-2H3. The Kier molecular flexibility index (Phi) is 4.22. The second-order valence-electron chi connectivity index (χ2n) is 4.36. The van der Waals surface area contributed by atoms with E-state index in [-0.39, 0.29) is 5.56 Å². The average Bonchev–Trinajstić information content (AvgIpc) is 2.38. The lowest BCUT2D eigenvalue weighted by atomic mass is 9.96. The molecule has 1 aromatic carbocycles. The van der Waals surface area contributed by atoms with Crippen LogP contribution in [0, 0.1) is 18.6 Å². The quantitative estimate of drug-likeness (QED) is 0.913. The van der Waals surface area contributed by atoms with E-state index in [4.69, 9.17) is 0 Å². The minimum atomic E-state index is -0.547. The molecule has 0 amide bonds. The number of aryl methyl sites for hydroxylation is 1. The van der Waals surface area contributed by atoms with Crippen molar-refractivity contribution in [2.24, 2.45) is 0 Å². The van der Waals surface area contributed by atoms with Gasteiger partial charge < -0.3 is 5.32 Å². The summed E-state index contributed by atoms with van der Waals surface area (Å²) in [5.74, 6) is -1.09. The molecule has 0 saturated heterocycles. The van der Waals surface area contributed by atoms with Crippen LogP contribution in [-0.2, 0) is 0 Å². The SMILES string of the molecule is CCNC(c1cnccc1C)c1c(F)cccc1F. The number of rotatable bonds is 4. The number of benzene rings is 1. The summed E-state index contributed by atoms with van der Waals surface area (Å²) in [4.78, 5) is 4.05. The molecule has 0 saturated carbocycles. The smallest absolute Gasteiger partial charge is 0.131 e. The third kappa shape index (κ3) is 2.79. The van der Waals surface area contributed by atoms with Gasteiger partial charge in [-0.15, -0.1) is 0 Å². The van der Waals surface area contributed by atoms with Crippen molar-refractivity contribution in [3.63, 3.8) is 0 Å². The van der Waals surface area contributed by atoms with E-state index in [0.29, 0.717) is 6.54 Å². The third-order valence-corrected chi connectivity index (χ3v) is 3.09. The molecule has 1 unspecified atom stereocenters. The molecule has 0 fully saturated rings. The Labute approximate surface area is 111 Å². The molecule has 100 valence electrons.